The predicted octanol–water partition coefficient (Wildman–Crippen LogP) is 4.90. The van der Waals surface area contributed by atoms with Crippen LogP contribution in [0.5, 0.6) is 5.75 Å². The summed E-state index contributed by atoms with van der Waals surface area (Å²) in [7, 11) is 0. The van der Waals surface area contributed by atoms with Crippen LogP contribution in [0.25, 0.3) is 0 Å². The minimum atomic E-state index is -0.258. The van der Waals surface area contributed by atoms with Crippen LogP contribution in [0.4, 0.5) is 0 Å². The summed E-state index contributed by atoms with van der Waals surface area (Å²) in [6.07, 6.45) is 1.73. The van der Waals surface area contributed by atoms with Gasteiger partial charge in [-0.25, -0.2) is 0 Å². The van der Waals surface area contributed by atoms with Gasteiger partial charge < -0.3 is 10.1 Å². The summed E-state index contributed by atoms with van der Waals surface area (Å²) < 4.78 is 5.75. The number of ether oxygens (including phenoxy) is 1. The Morgan fingerprint density at radius 3 is 2.69 bits per heavy atom. The highest BCUT2D eigenvalue weighted by molar-refractivity contribution is 6.36. The Kier molecular flexibility index (Phi) is 6.10. The zero-order chi connectivity index (χ0) is 18.4. The molecule has 26 heavy (non-hydrogen) atoms. The number of amides is 1. The molecule has 1 N–H and O–H groups in total. The number of hydrogen-bond donors (Lipinski definition) is 1. The van der Waals surface area contributed by atoms with Crippen molar-refractivity contribution in [1.29, 1.82) is 0 Å². The smallest absolute Gasteiger partial charge is 0.253 e. The average molecular weight is 387 g/mol. The van der Waals surface area contributed by atoms with Crippen molar-refractivity contribution < 1.29 is 9.53 Å². The number of halogens is 2. The van der Waals surface area contributed by atoms with Gasteiger partial charge in [0.25, 0.3) is 5.91 Å². The monoisotopic (exact) mass is 386 g/mol. The molecule has 3 rings (SSSR count). The van der Waals surface area contributed by atoms with Gasteiger partial charge in [-0.2, -0.15) is 0 Å². The van der Waals surface area contributed by atoms with E-state index in [4.69, 9.17) is 27.9 Å². The zero-order valence-corrected chi connectivity index (χ0v) is 15.3. The van der Waals surface area contributed by atoms with Crippen molar-refractivity contribution in [2.45, 2.75) is 13.2 Å². The third-order valence-electron chi connectivity index (χ3n) is 3.64. The molecule has 1 aromatic heterocycles. The van der Waals surface area contributed by atoms with Crippen molar-refractivity contribution in [2.24, 2.45) is 0 Å². The molecule has 132 valence electrons. The first kappa shape index (κ1) is 18.2. The average Bonchev–Trinajstić information content (AvgIpc) is 2.66. The second-order valence-corrected chi connectivity index (χ2v) is 6.41. The molecule has 6 heteroatoms. The Labute approximate surface area is 161 Å². The van der Waals surface area contributed by atoms with Crippen LogP contribution < -0.4 is 10.1 Å². The molecule has 1 heterocycles. The maximum atomic E-state index is 12.3. The van der Waals surface area contributed by atoms with Crippen LogP contribution >= 0.6 is 23.2 Å². The van der Waals surface area contributed by atoms with Gasteiger partial charge in [-0.15, -0.1) is 0 Å². The molecule has 0 aliphatic rings. The van der Waals surface area contributed by atoms with E-state index < -0.39 is 0 Å². The molecule has 0 spiro atoms. The molecule has 4 nitrogen and oxygen atoms in total. The summed E-state index contributed by atoms with van der Waals surface area (Å²) in [5, 5.41) is 3.65. The number of carbonyl (C=O) groups is 1. The molecule has 2 aromatic carbocycles. The van der Waals surface area contributed by atoms with E-state index in [1.54, 1.807) is 24.4 Å². The van der Waals surface area contributed by atoms with Crippen molar-refractivity contribution in [1.82, 2.24) is 10.3 Å². The number of pyridine rings is 1. The lowest BCUT2D eigenvalue weighted by molar-refractivity contribution is 0.0951. The van der Waals surface area contributed by atoms with Gasteiger partial charge in [0.05, 0.1) is 16.3 Å². The lowest BCUT2D eigenvalue weighted by Gasteiger charge is -2.10. The molecule has 0 radical (unpaired) electrons. The first-order chi connectivity index (χ1) is 12.6. The second kappa shape index (κ2) is 8.70. The number of nitrogens with one attached hydrogen (secondary N) is 1. The van der Waals surface area contributed by atoms with Crippen LogP contribution in [0, 0.1) is 0 Å². The van der Waals surface area contributed by atoms with Crippen molar-refractivity contribution in [3.63, 3.8) is 0 Å². The normalized spacial score (nSPS) is 10.4. The first-order valence-corrected chi connectivity index (χ1v) is 8.72. The van der Waals surface area contributed by atoms with Gasteiger partial charge >= 0.3 is 0 Å². The van der Waals surface area contributed by atoms with Gasteiger partial charge in [-0.05, 0) is 48.0 Å². The molecule has 0 aliphatic carbocycles. The van der Waals surface area contributed by atoms with E-state index in [1.807, 2.05) is 42.5 Å². The molecule has 1 amide bonds. The molecular weight excluding hydrogens is 371 g/mol. The van der Waals surface area contributed by atoms with E-state index in [0.29, 0.717) is 34.5 Å². The number of aromatic nitrogens is 1. The molecule has 0 aliphatic heterocycles. The van der Waals surface area contributed by atoms with Gasteiger partial charge in [-0.1, -0.05) is 41.4 Å². The maximum Gasteiger partial charge on any atom is 0.253 e. The summed E-state index contributed by atoms with van der Waals surface area (Å²) in [5.74, 6) is 0.457. The number of nitrogens with zero attached hydrogens (tertiary/aromatic N) is 1. The quantitative estimate of drug-likeness (QED) is 0.655. The molecule has 0 saturated heterocycles. The fourth-order valence-corrected chi connectivity index (χ4v) is 2.83. The van der Waals surface area contributed by atoms with Crippen molar-refractivity contribution in [3.05, 3.63) is 93.7 Å². The lowest BCUT2D eigenvalue weighted by Crippen LogP contribution is -2.23. The zero-order valence-electron chi connectivity index (χ0n) is 13.8. The van der Waals surface area contributed by atoms with Gasteiger partial charge in [0.2, 0.25) is 0 Å². The Morgan fingerprint density at radius 2 is 1.92 bits per heavy atom. The highest BCUT2D eigenvalue weighted by atomic mass is 35.5. The van der Waals surface area contributed by atoms with E-state index in [9.17, 15) is 4.79 Å². The third kappa shape index (κ3) is 4.97. The first-order valence-electron chi connectivity index (χ1n) is 7.97. The summed E-state index contributed by atoms with van der Waals surface area (Å²) >= 11 is 11.9. The summed E-state index contributed by atoms with van der Waals surface area (Å²) in [6, 6.07) is 18.0. The standard InChI is InChI=1S/C20H16Cl2N2O2/c21-15-7-8-18(19(22)11-15)20(25)24-12-14-4-3-6-17(10-14)26-13-16-5-1-2-9-23-16/h1-11H,12-13H2,(H,24,25). The highest BCUT2D eigenvalue weighted by Crippen LogP contribution is 2.21. The van der Waals surface area contributed by atoms with E-state index in [1.165, 1.54) is 0 Å². The van der Waals surface area contributed by atoms with Crippen LogP contribution in [-0.2, 0) is 13.2 Å². The van der Waals surface area contributed by atoms with Gasteiger partial charge in [0.15, 0.2) is 0 Å². The van der Waals surface area contributed by atoms with Gasteiger partial charge in [0.1, 0.15) is 12.4 Å². The van der Waals surface area contributed by atoms with E-state index >= 15 is 0 Å². The third-order valence-corrected chi connectivity index (χ3v) is 4.19. The van der Waals surface area contributed by atoms with E-state index in [2.05, 4.69) is 10.3 Å². The number of benzene rings is 2. The molecular formula is C20H16Cl2N2O2. The number of rotatable bonds is 6. The minimum Gasteiger partial charge on any atom is -0.487 e. The molecule has 3 aromatic rings. The van der Waals surface area contributed by atoms with Gasteiger partial charge in [-0.3, -0.25) is 9.78 Å². The van der Waals surface area contributed by atoms with Crippen LogP contribution in [-0.4, -0.2) is 10.9 Å². The van der Waals surface area contributed by atoms with Crippen molar-refractivity contribution in [2.75, 3.05) is 0 Å². The Morgan fingerprint density at radius 1 is 1.04 bits per heavy atom. The minimum absolute atomic E-state index is 0.258. The van der Waals surface area contributed by atoms with E-state index in [-0.39, 0.29) is 5.91 Å². The fourth-order valence-electron chi connectivity index (χ4n) is 2.34. The van der Waals surface area contributed by atoms with Crippen molar-refractivity contribution >= 4 is 29.1 Å². The number of carbonyl (C=O) groups excluding carboxylic acids is 1. The topological polar surface area (TPSA) is 51.2 Å². The maximum absolute atomic E-state index is 12.3. The van der Waals surface area contributed by atoms with Crippen LogP contribution in [0.2, 0.25) is 10.0 Å². The van der Waals surface area contributed by atoms with Gasteiger partial charge in [0, 0.05) is 17.8 Å². The number of hydrogen-bond acceptors (Lipinski definition) is 3. The van der Waals surface area contributed by atoms with Crippen LogP contribution in [0.1, 0.15) is 21.6 Å². The van der Waals surface area contributed by atoms with E-state index in [0.717, 1.165) is 11.3 Å². The highest BCUT2D eigenvalue weighted by Gasteiger charge is 2.10. The summed E-state index contributed by atoms with van der Waals surface area (Å²) in [4.78, 5) is 16.5. The lowest BCUT2D eigenvalue weighted by atomic mass is 10.2. The molecule has 0 saturated carbocycles. The Balaban J connectivity index is 1.59. The molecule has 0 atom stereocenters. The SMILES string of the molecule is O=C(NCc1cccc(OCc2ccccn2)c1)c1ccc(Cl)cc1Cl. The second-order valence-electron chi connectivity index (χ2n) is 5.56. The van der Waals surface area contributed by atoms with Crippen molar-refractivity contribution in [3.8, 4) is 5.75 Å². The Bertz CT molecular complexity index is 901. The molecule has 0 unspecified atom stereocenters. The largest absolute Gasteiger partial charge is 0.487 e. The Hall–Kier alpha value is -2.56. The molecule has 0 fully saturated rings. The summed E-state index contributed by atoms with van der Waals surface area (Å²) in [5.41, 5.74) is 2.16. The van der Waals surface area contributed by atoms with Crippen LogP contribution in [0.3, 0.4) is 0 Å². The summed E-state index contributed by atoms with van der Waals surface area (Å²) in [6.45, 7) is 0.746. The van der Waals surface area contributed by atoms with Crippen LogP contribution in [0.15, 0.2) is 66.9 Å². The fraction of sp³-hybridized carbons (Fsp3) is 0.100. The predicted molar refractivity (Wildman–Crippen MR) is 103 cm³/mol. The molecule has 0 bridgehead atoms.